The van der Waals surface area contributed by atoms with Crippen LogP contribution in [0.1, 0.15) is 35.2 Å². The predicted octanol–water partition coefficient (Wildman–Crippen LogP) is 5.30. The quantitative estimate of drug-likeness (QED) is 0.643. The second-order valence-corrected chi connectivity index (χ2v) is 6.97. The third kappa shape index (κ3) is 2.68. The molecule has 1 N–H and O–H groups in total. The monoisotopic (exact) mass is 359 g/mol. The predicted molar refractivity (Wildman–Crippen MR) is 95.0 cm³/mol. The number of aromatic amines is 1. The van der Waals surface area contributed by atoms with Crippen molar-refractivity contribution in [3.05, 3.63) is 75.0 Å². The van der Waals surface area contributed by atoms with Crippen molar-refractivity contribution in [1.82, 2.24) is 14.8 Å². The number of nitrogens with one attached hydrogen (secondary N) is 1. The molecule has 1 fully saturated rings. The molecular weight excluding hydrogens is 345 g/mol. The van der Waals surface area contributed by atoms with Gasteiger partial charge in [-0.2, -0.15) is 5.10 Å². The lowest BCUT2D eigenvalue weighted by molar-refractivity contribution is 0.627. The maximum absolute atomic E-state index is 13.4. The lowest BCUT2D eigenvalue weighted by atomic mass is 10.1. The van der Waals surface area contributed by atoms with Crippen LogP contribution in [0.5, 0.6) is 0 Å². The molecule has 0 spiro atoms. The summed E-state index contributed by atoms with van der Waals surface area (Å²) < 4.78 is 15.8. The molecule has 1 aliphatic carbocycles. The second kappa shape index (κ2) is 5.83. The Morgan fingerprint density at radius 3 is 2.67 bits per heavy atom. The molecule has 1 heterocycles. The number of benzene rings is 2. The number of rotatable bonds is 3. The van der Waals surface area contributed by atoms with E-state index in [1.165, 1.54) is 17.2 Å². The molecule has 1 aromatic heterocycles. The zero-order chi connectivity index (χ0) is 16.8. The van der Waals surface area contributed by atoms with Crippen LogP contribution in [-0.2, 0) is 0 Å². The van der Waals surface area contributed by atoms with Gasteiger partial charge in [0.15, 0.2) is 4.77 Å². The van der Waals surface area contributed by atoms with Crippen molar-refractivity contribution in [2.45, 2.75) is 25.2 Å². The van der Waals surface area contributed by atoms with Gasteiger partial charge in [-0.25, -0.2) is 4.39 Å². The summed E-state index contributed by atoms with van der Waals surface area (Å²) in [6.07, 6.45) is 1.03. The molecule has 1 aliphatic rings. The van der Waals surface area contributed by atoms with Crippen molar-refractivity contribution >= 4 is 23.8 Å². The van der Waals surface area contributed by atoms with Crippen LogP contribution in [-0.4, -0.2) is 14.8 Å². The summed E-state index contributed by atoms with van der Waals surface area (Å²) in [6, 6.07) is 13.2. The van der Waals surface area contributed by atoms with Crippen LogP contribution in [0.2, 0.25) is 5.02 Å². The van der Waals surface area contributed by atoms with E-state index in [0.29, 0.717) is 16.6 Å². The Morgan fingerprint density at radius 2 is 1.96 bits per heavy atom. The minimum Gasteiger partial charge on any atom is -0.272 e. The molecule has 0 bridgehead atoms. The van der Waals surface area contributed by atoms with Gasteiger partial charge in [0.05, 0.1) is 10.7 Å². The fourth-order valence-electron chi connectivity index (χ4n) is 3.09. The highest BCUT2D eigenvalue weighted by Gasteiger charge is 2.43. The number of aromatic nitrogens is 3. The van der Waals surface area contributed by atoms with E-state index in [4.69, 9.17) is 23.8 Å². The Balaban J connectivity index is 1.70. The van der Waals surface area contributed by atoms with Crippen LogP contribution < -0.4 is 0 Å². The topological polar surface area (TPSA) is 33.6 Å². The minimum absolute atomic E-state index is 0.0763. The second-order valence-electron chi connectivity index (χ2n) is 6.18. The van der Waals surface area contributed by atoms with Crippen molar-refractivity contribution < 1.29 is 4.39 Å². The lowest BCUT2D eigenvalue weighted by Crippen LogP contribution is -2.01. The first-order chi connectivity index (χ1) is 11.5. The molecule has 3 nitrogen and oxygen atoms in total. The van der Waals surface area contributed by atoms with E-state index < -0.39 is 5.82 Å². The summed E-state index contributed by atoms with van der Waals surface area (Å²) in [5.41, 5.74) is 3.28. The van der Waals surface area contributed by atoms with Gasteiger partial charge in [0.2, 0.25) is 0 Å². The largest absolute Gasteiger partial charge is 0.272 e. The molecule has 122 valence electrons. The highest BCUT2D eigenvalue weighted by atomic mass is 35.5. The molecule has 4 rings (SSSR count). The average Bonchev–Trinajstić information content (AvgIpc) is 3.26. The summed E-state index contributed by atoms with van der Waals surface area (Å²) in [5.74, 6) is 1.16. The first-order valence-corrected chi connectivity index (χ1v) is 8.52. The molecule has 2 unspecified atom stereocenters. The molecule has 0 radical (unpaired) electrons. The number of halogens is 2. The average molecular weight is 360 g/mol. The number of hydrogen-bond acceptors (Lipinski definition) is 2. The fourth-order valence-corrected chi connectivity index (χ4v) is 3.51. The Kier molecular flexibility index (Phi) is 3.77. The first kappa shape index (κ1) is 15.5. The molecule has 0 aliphatic heterocycles. The summed E-state index contributed by atoms with van der Waals surface area (Å²) in [5, 5.41) is 7.34. The molecule has 2 aromatic carbocycles. The van der Waals surface area contributed by atoms with Crippen molar-refractivity contribution in [2.24, 2.45) is 0 Å². The normalized spacial score (nSPS) is 19.5. The van der Waals surface area contributed by atoms with Gasteiger partial charge >= 0.3 is 0 Å². The van der Waals surface area contributed by atoms with Gasteiger partial charge in [0.1, 0.15) is 11.6 Å². The van der Waals surface area contributed by atoms with E-state index in [2.05, 4.69) is 41.4 Å². The number of hydrogen-bond donors (Lipinski definition) is 1. The van der Waals surface area contributed by atoms with Crippen LogP contribution in [0.15, 0.2) is 42.5 Å². The van der Waals surface area contributed by atoms with Gasteiger partial charge in [-0.3, -0.25) is 9.67 Å². The third-order valence-corrected chi connectivity index (χ3v) is 5.05. The zero-order valence-corrected chi connectivity index (χ0v) is 14.5. The third-order valence-electron chi connectivity index (χ3n) is 4.49. The minimum atomic E-state index is -0.444. The number of nitrogens with zero attached hydrogens (tertiary/aromatic N) is 2. The van der Waals surface area contributed by atoms with Crippen LogP contribution >= 0.6 is 23.8 Å². The highest BCUT2D eigenvalue weighted by Crippen LogP contribution is 2.54. The van der Waals surface area contributed by atoms with Crippen LogP contribution in [0.3, 0.4) is 0 Å². The lowest BCUT2D eigenvalue weighted by Gasteiger charge is -2.08. The molecular formula is C18H15ClFN3S. The maximum Gasteiger partial charge on any atom is 0.199 e. The zero-order valence-electron chi connectivity index (χ0n) is 13.0. The molecule has 6 heteroatoms. The van der Waals surface area contributed by atoms with E-state index in [0.717, 1.165) is 17.9 Å². The van der Waals surface area contributed by atoms with E-state index in [1.807, 2.05) is 4.57 Å². The van der Waals surface area contributed by atoms with Crippen LogP contribution in [0, 0.1) is 17.5 Å². The Hall–Kier alpha value is -1.98. The summed E-state index contributed by atoms with van der Waals surface area (Å²) in [4.78, 5) is 0. The number of H-pyrrole nitrogens is 1. The maximum atomic E-state index is 13.4. The van der Waals surface area contributed by atoms with Crippen molar-refractivity contribution in [3.8, 4) is 5.69 Å². The van der Waals surface area contributed by atoms with Gasteiger partial charge in [-0.1, -0.05) is 41.4 Å². The van der Waals surface area contributed by atoms with Crippen LogP contribution in [0.25, 0.3) is 5.69 Å². The molecule has 2 atom stereocenters. The van der Waals surface area contributed by atoms with Gasteiger partial charge in [0, 0.05) is 5.92 Å². The standard InChI is InChI=1S/C18H15ClFN3S/c1-10-2-4-11(5-3-10)13-9-14(13)17-21-22-18(24)23(17)12-6-7-16(20)15(19)8-12/h2-8,13-14H,9H2,1H3,(H,22,24). The SMILES string of the molecule is Cc1ccc(C2CC2c2n[nH]c(=S)n2-c2ccc(F)c(Cl)c2)cc1. The van der Waals surface area contributed by atoms with E-state index in [-0.39, 0.29) is 5.02 Å². The smallest absolute Gasteiger partial charge is 0.199 e. The summed E-state index contributed by atoms with van der Waals surface area (Å²) in [7, 11) is 0. The summed E-state index contributed by atoms with van der Waals surface area (Å²) in [6.45, 7) is 2.08. The molecule has 0 saturated heterocycles. The van der Waals surface area contributed by atoms with Gasteiger partial charge in [-0.15, -0.1) is 0 Å². The molecule has 0 amide bonds. The molecule has 1 saturated carbocycles. The van der Waals surface area contributed by atoms with E-state index in [1.54, 1.807) is 12.1 Å². The van der Waals surface area contributed by atoms with E-state index in [9.17, 15) is 4.39 Å². The first-order valence-electron chi connectivity index (χ1n) is 7.74. The number of aryl methyl sites for hydroxylation is 1. The van der Waals surface area contributed by atoms with Crippen molar-refractivity contribution in [3.63, 3.8) is 0 Å². The Morgan fingerprint density at radius 1 is 1.21 bits per heavy atom. The van der Waals surface area contributed by atoms with Gasteiger partial charge in [0.25, 0.3) is 0 Å². The van der Waals surface area contributed by atoms with Crippen molar-refractivity contribution in [2.75, 3.05) is 0 Å². The Labute approximate surface area is 149 Å². The van der Waals surface area contributed by atoms with Crippen LogP contribution in [0.4, 0.5) is 4.39 Å². The van der Waals surface area contributed by atoms with Crippen molar-refractivity contribution in [1.29, 1.82) is 0 Å². The van der Waals surface area contributed by atoms with E-state index >= 15 is 0 Å². The molecule has 24 heavy (non-hydrogen) atoms. The fraction of sp³-hybridized carbons (Fsp3) is 0.222. The summed E-state index contributed by atoms with van der Waals surface area (Å²) >= 11 is 11.3. The Bertz CT molecular complexity index is 961. The molecule has 3 aromatic rings. The van der Waals surface area contributed by atoms with Gasteiger partial charge < -0.3 is 0 Å². The highest BCUT2D eigenvalue weighted by molar-refractivity contribution is 7.71. The van der Waals surface area contributed by atoms with Gasteiger partial charge in [-0.05, 0) is 55.2 Å².